The summed E-state index contributed by atoms with van der Waals surface area (Å²) in [5, 5.41) is 16.4. The largest absolute Gasteiger partial charge is 0.417 e. The maximum Gasteiger partial charge on any atom is 0.311 e. The SMILES string of the molecule is CC=CCc1nnc(C(=O)N2CCCC(c3nnc4ccccn34)C2)o1. The van der Waals surface area contributed by atoms with Crippen LogP contribution in [0.25, 0.3) is 5.65 Å². The summed E-state index contributed by atoms with van der Waals surface area (Å²) in [6, 6.07) is 5.81. The Labute approximate surface area is 150 Å². The van der Waals surface area contributed by atoms with E-state index in [0.29, 0.717) is 25.4 Å². The number of carbonyl (C=O) groups is 1. The van der Waals surface area contributed by atoms with E-state index in [1.807, 2.05) is 47.9 Å². The van der Waals surface area contributed by atoms with Crippen molar-refractivity contribution in [3.05, 3.63) is 54.2 Å². The van der Waals surface area contributed by atoms with Gasteiger partial charge in [-0.05, 0) is 31.9 Å². The van der Waals surface area contributed by atoms with Crippen LogP contribution in [-0.2, 0) is 6.42 Å². The van der Waals surface area contributed by atoms with Crippen molar-refractivity contribution < 1.29 is 9.21 Å². The Balaban J connectivity index is 1.51. The molecule has 1 saturated heterocycles. The van der Waals surface area contributed by atoms with E-state index in [4.69, 9.17) is 4.42 Å². The van der Waals surface area contributed by atoms with E-state index in [2.05, 4.69) is 20.4 Å². The average Bonchev–Trinajstić information content (AvgIpc) is 3.33. The fourth-order valence-electron chi connectivity index (χ4n) is 3.29. The Hall–Kier alpha value is -3.03. The first-order valence-corrected chi connectivity index (χ1v) is 8.78. The minimum Gasteiger partial charge on any atom is -0.417 e. The maximum absolute atomic E-state index is 12.7. The molecule has 26 heavy (non-hydrogen) atoms. The Morgan fingerprint density at radius 2 is 2.23 bits per heavy atom. The van der Waals surface area contributed by atoms with E-state index in [-0.39, 0.29) is 17.7 Å². The average molecular weight is 352 g/mol. The zero-order valence-corrected chi connectivity index (χ0v) is 14.6. The number of pyridine rings is 1. The summed E-state index contributed by atoms with van der Waals surface area (Å²) in [7, 11) is 0. The number of likely N-dealkylation sites (tertiary alicyclic amines) is 1. The molecule has 1 aliphatic heterocycles. The highest BCUT2D eigenvalue weighted by Crippen LogP contribution is 2.26. The van der Waals surface area contributed by atoms with Crippen molar-refractivity contribution in [2.24, 2.45) is 0 Å². The summed E-state index contributed by atoms with van der Waals surface area (Å²) < 4.78 is 7.49. The van der Waals surface area contributed by atoms with Crippen molar-refractivity contribution in [3.63, 3.8) is 0 Å². The minimum atomic E-state index is -0.220. The molecule has 1 unspecified atom stereocenters. The molecular weight excluding hydrogens is 332 g/mol. The smallest absolute Gasteiger partial charge is 0.311 e. The molecule has 0 N–H and O–H groups in total. The zero-order chi connectivity index (χ0) is 17.9. The van der Waals surface area contributed by atoms with Gasteiger partial charge in [-0.25, -0.2) is 0 Å². The normalized spacial score (nSPS) is 18.0. The van der Waals surface area contributed by atoms with E-state index >= 15 is 0 Å². The van der Waals surface area contributed by atoms with Crippen LogP contribution in [0, 0.1) is 0 Å². The number of aromatic nitrogens is 5. The summed E-state index contributed by atoms with van der Waals surface area (Å²) in [6.07, 6.45) is 8.18. The highest BCUT2D eigenvalue weighted by molar-refractivity contribution is 5.89. The molecule has 0 radical (unpaired) electrons. The number of fused-ring (bicyclic) bond motifs is 1. The number of hydrogen-bond acceptors (Lipinski definition) is 6. The van der Waals surface area contributed by atoms with Crippen LogP contribution in [0.3, 0.4) is 0 Å². The van der Waals surface area contributed by atoms with Gasteiger partial charge < -0.3 is 9.32 Å². The highest BCUT2D eigenvalue weighted by atomic mass is 16.4. The Bertz CT molecular complexity index is 944. The molecule has 8 heteroatoms. The molecule has 0 aromatic carbocycles. The molecule has 4 rings (SSSR count). The molecule has 0 bridgehead atoms. The quantitative estimate of drug-likeness (QED) is 0.669. The van der Waals surface area contributed by atoms with Crippen LogP contribution < -0.4 is 0 Å². The molecule has 1 atom stereocenters. The molecule has 134 valence electrons. The lowest BCUT2D eigenvalue weighted by Gasteiger charge is -2.30. The molecule has 1 aliphatic rings. The highest BCUT2D eigenvalue weighted by Gasteiger charge is 2.30. The Morgan fingerprint density at radius 1 is 1.31 bits per heavy atom. The van der Waals surface area contributed by atoms with Crippen LogP contribution in [-0.4, -0.2) is 48.7 Å². The first kappa shape index (κ1) is 16.4. The first-order valence-electron chi connectivity index (χ1n) is 8.78. The van der Waals surface area contributed by atoms with Crippen molar-refractivity contribution >= 4 is 11.6 Å². The van der Waals surface area contributed by atoms with Gasteiger partial charge in [0.25, 0.3) is 0 Å². The molecule has 4 heterocycles. The van der Waals surface area contributed by atoms with Gasteiger partial charge in [-0.3, -0.25) is 9.20 Å². The number of rotatable bonds is 4. The molecule has 8 nitrogen and oxygen atoms in total. The van der Waals surface area contributed by atoms with Gasteiger partial charge in [0, 0.05) is 31.6 Å². The van der Waals surface area contributed by atoms with E-state index < -0.39 is 0 Å². The summed E-state index contributed by atoms with van der Waals surface area (Å²) in [5.74, 6) is 1.30. The van der Waals surface area contributed by atoms with Crippen molar-refractivity contribution in [3.8, 4) is 0 Å². The van der Waals surface area contributed by atoms with E-state index in [9.17, 15) is 4.79 Å². The van der Waals surface area contributed by atoms with Gasteiger partial charge in [0.05, 0.1) is 0 Å². The van der Waals surface area contributed by atoms with Gasteiger partial charge in [-0.2, -0.15) is 0 Å². The Kier molecular flexibility index (Phi) is 4.47. The van der Waals surface area contributed by atoms with Crippen molar-refractivity contribution in [2.45, 2.75) is 32.1 Å². The summed E-state index contributed by atoms with van der Waals surface area (Å²) in [6.45, 7) is 3.17. The first-order chi connectivity index (χ1) is 12.8. The topological polar surface area (TPSA) is 89.4 Å². The molecule has 1 fully saturated rings. The maximum atomic E-state index is 12.7. The van der Waals surface area contributed by atoms with Gasteiger partial charge in [0.15, 0.2) is 5.65 Å². The number of allylic oxidation sites excluding steroid dienone is 2. The zero-order valence-electron chi connectivity index (χ0n) is 14.6. The van der Waals surface area contributed by atoms with Crippen molar-refractivity contribution in [1.82, 2.24) is 29.7 Å². The second-order valence-corrected chi connectivity index (χ2v) is 6.35. The van der Waals surface area contributed by atoms with E-state index in [1.165, 1.54) is 0 Å². The number of nitrogens with zero attached hydrogens (tertiary/aromatic N) is 6. The van der Waals surface area contributed by atoms with Crippen LogP contribution in [0.5, 0.6) is 0 Å². The lowest BCUT2D eigenvalue weighted by molar-refractivity contribution is 0.0662. The van der Waals surface area contributed by atoms with Crippen LogP contribution in [0.2, 0.25) is 0 Å². The fourth-order valence-corrected chi connectivity index (χ4v) is 3.29. The van der Waals surface area contributed by atoms with Gasteiger partial charge in [0.1, 0.15) is 5.82 Å². The standard InChI is InChI=1S/C18H20N6O2/c1-2-3-9-15-20-22-17(26-15)18(25)23-10-6-7-13(12-23)16-21-19-14-8-4-5-11-24(14)16/h2-5,8,11,13H,6-7,9-10,12H2,1H3. The van der Waals surface area contributed by atoms with Gasteiger partial charge in [0.2, 0.25) is 5.89 Å². The predicted octanol–water partition coefficient (Wildman–Crippen LogP) is 2.25. The van der Waals surface area contributed by atoms with Crippen LogP contribution in [0.1, 0.15) is 48.1 Å². The minimum absolute atomic E-state index is 0.0521. The summed E-state index contributed by atoms with van der Waals surface area (Å²) >= 11 is 0. The number of hydrogen-bond donors (Lipinski definition) is 0. The lowest BCUT2D eigenvalue weighted by atomic mass is 9.97. The van der Waals surface area contributed by atoms with E-state index in [0.717, 1.165) is 24.3 Å². The van der Waals surface area contributed by atoms with Crippen molar-refractivity contribution in [2.75, 3.05) is 13.1 Å². The summed E-state index contributed by atoms with van der Waals surface area (Å²) in [5.41, 5.74) is 0.816. The van der Waals surface area contributed by atoms with Gasteiger partial charge in [-0.1, -0.05) is 18.2 Å². The number of carbonyl (C=O) groups excluding carboxylic acids is 1. The second kappa shape index (κ2) is 7.07. The molecular formula is C18H20N6O2. The monoisotopic (exact) mass is 352 g/mol. The Morgan fingerprint density at radius 3 is 3.12 bits per heavy atom. The summed E-state index contributed by atoms with van der Waals surface area (Å²) in [4.78, 5) is 14.5. The third-order valence-electron chi connectivity index (χ3n) is 4.59. The van der Waals surface area contributed by atoms with Crippen LogP contribution in [0.4, 0.5) is 0 Å². The number of piperidine rings is 1. The molecule has 3 aromatic heterocycles. The molecule has 1 amide bonds. The van der Waals surface area contributed by atoms with Gasteiger partial charge >= 0.3 is 11.8 Å². The third-order valence-corrected chi connectivity index (χ3v) is 4.59. The number of amides is 1. The van der Waals surface area contributed by atoms with Crippen LogP contribution in [0.15, 0.2) is 41.0 Å². The fraction of sp³-hybridized carbons (Fsp3) is 0.389. The molecule has 3 aromatic rings. The van der Waals surface area contributed by atoms with E-state index in [1.54, 1.807) is 4.90 Å². The van der Waals surface area contributed by atoms with Crippen molar-refractivity contribution in [1.29, 1.82) is 0 Å². The third kappa shape index (κ3) is 3.10. The second-order valence-electron chi connectivity index (χ2n) is 6.35. The van der Waals surface area contributed by atoms with Crippen LogP contribution >= 0.6 is 0 Å². The molecule has 0 spiro atoms. The lowest BCUT2D eigenvalue weighted by Crippen LogP contribution is -2.39. The van der Waals surface area contributed by atoms with Gasteiger partial charge in [-0.15, -0.1) is 20.4 Å². The predicted molar refractivity (Wildman–Crippen MR) is 93.7 cm³/mol. The molecule has 0 aliphatic carbocycles. The molecule has 0 saturated carbocycles.